The van der Waals surface area contributed by atoms with Crippen LogP contribution in [0.5, 0.6) is 0 Å². The molecular formula is C48H91N9O18. The molecule has 3 N–H and O–H groups in total. The standard InChI is InChI=1S/C48H91N9O18/c1-67-43(61)35-51-11-7-49(8-12-52(36-44(62)68-2)16-20-55(19-15-51)39-47(65)71-5)31-41(59)33-57(23-25-73-27-29-75-30-28-74-26-24-58)34-42(60)32-50-9-13-53(37-45(63)69-3)17-21-56(40-48(66)72-6)22-18-54(14-10-50)38-46(64)70-4/h41-42,58-60H,7-40H2,1-6H3. The van der Waals surface area contributed by atoms with Crippen molar-refractivity contribution in [3.8, 4) is 0 Å². The number of aliphatic hydroxyl groups is 3. The summed E-state index contributed by atoms with van der Waals surface area (Å²) in [5.41, 5.74) is 0. The van der Waals surface area contributed by atoms with Gasteiger partial charge >= 0.3 is 35.8 Å². The van der Waals surface area contributed by atoms with Gasteiger partial charge in [0.25, 0.3) is 0 Å². The van der Waals surface area contributed by atoms with Crippen molar-refractivity contribution < 1.29 is 86.7 Å². The molecule has 0 saturated carbocycles. The van der Waals surface area contributed by atoms with E-state index >= 15 is 0 Å². The number of hydrogen-bond acceptors (Lipinski definition) is 27. The van der Waals surface area contributed by atoms with Crippen LogP contribution in [0, 0.1) is 0 Å². The van der Waals surface area contributed by atoms with Crippen molar-refractivity contribution in [1.29, 1.82) is 0 Å². The summed E-state index contributed by atoms with van der Waals surface area (Å²) < 4.78 is 46.6. The molecule has 27 nitrogen and oxygen atoms in total. The zero-order valence-electron chi connectivity index (χ0n) is 45.7. The molecule has 2 heterocycles. The van der Waals surface area contributed by atoms with Crippen molar-refractivity contribution in [2.45, 2.75) is 12.2 Å². The molecule has 2 rings (SSSR count). The van der Waals surface area contributed by atoms with Crippen LogP contribution in [0.25, 0.3) is 0 Å². The van der Waals surface area contributed by atoms with Crippen LogP contribution in [-0.2, 0) is 71.4 Å². The van der Waals surface area contributed by atoms with E-state index < -0.39 is 48.0 Å². The van der Waals surface area contributed by atoms with Crippen LogP contribution in [0.2, 0.25) is 0 Å². The molecule has 2 aliphatic heterocycles. The molecule has 0 spiro atoms. The lowest BCUT2D eigenvalue weighted by Gasteiger charge is -2.35. The van der Waals surface area contributed by atoms with Crippen molar-refractivity contribution >= 4 is 35.8 Å². The number of ether oxygens (including phenoxy) is 9. The Hall–Kier alpha value is -3.78. The first-order valence-electron chi connectivity index (χ1n) is 25.8. The Labute approximate surface area is 443 Å². The zero-order chi connectivity index (χ0) is 55.2. The summed E-state index contributed by atoms with van der Waals surface area (Å²) in [5.74, 6) is -2.48. The second-order valence-corrected chi connectivity index (χ2v) is 18.3. The number of hydrogen-bond donors (Lipinski definition) is 3. The van der Waals surface area contributed by atoms with Crippen LogP contribution < -0.4 is 0 Å². The van der Waals surface area contributed by atoms with Crippen LogP contribution in [0.4, 0.5) is 0 Å². The normalized spacial score (nSPS) is 18.6. The monoisotopic (exact) mass is 1080 g/mol. The molecule has 0 bridgehead atoms. The smallest absolute Gasteiger partial charge is 0.319 e. The van der Waals surface area contributed by atoms with E-state index in [2.05, 4.69) is 9.80 Å². The highest BCUT2D eigenvalue weighted by Gasteiger charge is 2.26. The Balaban J connectivity index is 2.35. The predicted molar refractivity (Wildman–Crippen MR) is 272 cm³/mol. The number of esters is 6. The number of carbonyl (C=O) groups is 6. The number of carbonyl (C=O) groups excluding carboxylic acids is 6. The highest BCUT2D eigenvalue weighted by Crippen LogP contribution is 2.08. The minimum atomic E-state index is -0.926. The molecule has 0 aromatic carbocycles. The summed E-state index contributed by atoms with van der Waals surface area (Å²) in [6.45, 7) is 9.71. The predicted octanol–water partition coefficient (Wildman–Crippen LogP) is -5.47. The van der Waals surface area contributed by atoms with Crippen LogP contribution in [-0.4, -0.2) is 373 Å². The number of aliphatic hydroxyl groups excluding tert-OH is 3. The fourth-order valence-corrected chi connectivity index (χ4v) is 8.32. The molecule has 0 aliphatic carbocycles. The third kappa shape index (κ3) is 32.5. The average Bonchev–Trinajstić information content (AvgIpc) is 3.39. The van der Waals surface area contributed by atoms with E-state index in [1.807, 2.05) is 34.3 Å². The molecule has 436 valence electrons. The highest BCUT2D eigenvalue weighted by atomic mass is 16.6. The summed E-state index contributed by atoms with van der Waals surface area (Å²) in [4.78, 5) is 92.5. The van der Waals surface area contributed by atoms with Crippen LogP contribution >= 0.6 is 0 Å². The van der Waals surface area contributed by atoms with Gasteiger partial charge in [-0.3, -0.25) is 72.9 Å². The number of β-amino-alcohol motifs (C(OH)–C–C–N with tert-alkyl or cyclic N) is 2. The maximum absolute atomic E-state index is 12.5. The van der Waals surface area contributed by atoms with E-state index in [0.717, 1.165) is 0 Å². The van der Waals surface area contributed by atoms with Crippen LogP contribution in [0.1, 0.15) is 0 Å². The van der Waals surface area contributed by atoms with Gasteiger partial charge in [-0.1, -0.05) is 0 Å². The fourth-order valence-electron chi connectivity index (χ4n) is 8.32. The van der Waals surface area contributed by atoms with Gasteiger partial charge in [-0.05, 0) is 0 Å². The summed E-state index contributed by atoms with van der Waals surface area (Å²) in [5, 5.41) is 32.7. The molecule has 2 aliphatic rings. The third-order valence-corrected chi connectivity index (χ3v) is 12.7. The summed E-state index contributed by atoms with van der Waals surface area (Å²) in [7, 11) is 7.95. The first kappa shape index (κ1) is 67.3. The van der Waals surface area contributed by atoms with Crippen molar-refractivity contribution in [3.05, 3.63) is 0 Å². The molecule has 2 saturated heterocycles. The van der Waals surface area contributed by atoms with Gasteiger partial charge in [0.05, 0.1) is 140 Å². The van der Waals surface area contributed by atoms with E-state index in [1.54, 1.807) is 0 Å². The maximum atomic E-state index is 12.5. The molecule has 0 aromatic heterocycles. The Morgan fingerprint density at radius 1 is 0.360 bits per heavy atom. The van der Waals surface area contributed by atoms with Gasteiger partial charge in [-0.15, -0.1) is 0 Å². The Kier molecular flexibility index (Phi) is 37.1. The van der Waals surface area contributed by atoms with Gasteiger partial charge in [-0.25, -0.2) is 0 Å². The lowest BCUT2D eigenvalue weighted by molar-refractivity contribution is -0.144. The minimum Gasteiger partial charge on any atom is -0.468 e. The van der Waals surface area contributed by atoms with Crippen molar-refractivity contribution in [2.75, 3.05) is 266 Å². The van der Waals surface area contributed by atoms with E-state index in [4.69, 9.17) is 47.7 Å². The fraction of sp³-hybridized carbons (Fsp3) is 0.875. The van der Waals surface area contributed by atoms with Gasteiger partial charge in [-0.2, -0.15) is 0 Å². The SMILES string of the molecule is COC(=O)CN1CCN(CC(=O)OC)CCN(CC(O)CN(CCOCCOCCOCCO)CC(O)CN2CCN(CC(=O)OC)CCN(CC(=O)OC)CCN(CC(=O)OC)CC2)CCN(CC(=O)OC)CC1. The topological polar surface area (TPSA) is 275 Å². The summed E-state index contributed by atoms with van der Waals surface area (Å²) in [6.07, 6.45) is -1.85. The Bertz CT molecular complexity index is 1430. The molecule has 75 heavy (non-hydrogen) atoms. The second kappa shape index (κ2) is 41.3. The Morgan fingerprint density at radius 3 is 0.800 bits per heavy atom. The molecular weight excluding hydrogens is 991 g/mol. The van der Waals surface area contributed by atoms with Crippen molar-refractivity contribution in [2.24, 2.45) is 0 Å². The lowest BCUT2D eigenvalue weighted by Crippen LogP contribution is -2.51. The van der Waals surface area contributed by atoms with E-state index in [0.29, 0.717) is 131 Å². The molecule has 2 atom stereocenters. The highest BCUT2D eigenvalue weighted by molar-refractivity contribution is 5.73. The molecule has 0 amide bonds. The van der Waals surface area contributed by atoms with Gasteiger partial charge in [0, 0.05) is 137 Å². The zero-order valence-corrected chi connectivity index (χ0v) is 45.7. The summed E-state index contributed by atoms with van der Waals surface area (Å²) >= 11 is 0. The van der Waals surface area contributed by atoms with Gasteiger partial charge in [0.2, 0.25) is 0 Å². The van der Waals surface area contributed by atoms with Crippen molar-refractivity contribution in [1.82, 2.24) is 44.1 Å². The maximum Gasteiger partial charge on any atom is 0.319 e. The lowest BCUT2D eigenvalue weighted by atomic mass is 10.2. The van der Waals surface area contributed by atoms with Crippen molar-refractivity contribution in [3.63, 3.8) is 0 Å². The van der Waals surface area contributed by atoms with Crippen LogP contribution in [0.3, 0.4) is 0 Å². The second-order valence-electron chi connectivity index (χ2n) is 18.3. The van der Waals surface area contributed by atoms with E-state index in [-0.39, 0.29) is 91.9 Å². The number of rotatable bonds is 31. The molecule has 0 aromatic rings. The minimum absolute atomic E-state index is 0.0148. The van der Waals surface area contributed by atoms with Gasteiger partial charge < -0.3 is 58.0 Å². The molecule has 2 unspecified atom stereocenters. The number of methoxy groups -OCH3 is 6. The molecule has 0 radical (unpaired) electrons. The van der Waals surface area contributed by atoms with E-state index in [9.17, 15) is 39.0 Å². The first-order chi connectivity index (χ1) is 36.1. The van der Waals surface area contributed by atoms with E-state index in [1.165, 1.54) is 42.7 Å². The molecule has 27 heteroatoms. The van der Waals surface area contributed by atoms with Gasteiger partial charge in [0.1, 0.15) is 0 Å². The third-order valence-electron chi connectivity index (χ3n) is 12.7. The van der Waals surface area contributed by atoms with Gasteiger partial charge in [0.15, 0.2) is 0 Å². The largest absolute Gasteiger partial charge is 0.468 e. The van der Waals surface area contributed by atoms with Crippen LogP contribution in [0.15, 0.2) is 0 Å². The first-order valence-corrected chi connectivity index (χ1v) is 25.8. The Morgan fingerprint density at radius 2 is 0.573 bits per heavy atom. The average molecular weight is 1080 g/mol. The molecule has 2 fully saturated rings. The quantitative estimate of drug-likeness (QED) is 0.0332. The number of nitrogens with zero attached hydrogens (tertiary/aromatic N) is 9. The summed E-state index contributed by atoms with van der Waals surface area (Å²) in [6, 6.07) is 0.